The monoisotopic (exact) mass is 387 g/mol. The van der Waals surface area contributed by atoms with Crippen molar-refractivity contribution in [3.05, 3.63) is 88.2 Å². The Kier molecular flexibility index (Phi) is 5.60. The molecule has 5 heteroatoms. The number of anilines is 1. The highest BCUT2D eigenvalue weighted by Crippen LogP contribution is 2.28. The van der Waals surface area contributed by atoms with Crippen LogP contribution in [0, 0.1) is 5.82 Å². The molecular formula is C21H16Cl2FNO. The van der Waals surface area contributed by atoms with Gasteiger partial charge in [-0.15, -0.1) is 0 Å². The lowest BCUT2D eigenvalue weighted by molar-refractivity contribution is -0.117. The van der Waals surface area contributed by atoms with Crippen LogP contribution in [0.2, 0.25) is 10.0 Å². The summed E-state index contributed by atoms with van der Waals surface area (Å²) in [4.78, 5) is 12.5. The normalized spacial score (nSPS) is 11.8. The van der Waals surface area contributed by atoms with Crippen LogP contribution in [0.3, 0.4) is 0 Å². The number of amides is 1. The van der Waals surface area contributed by atoms with Gasteiger partial charge in [0.15, 0.2) is 0 Å². The summed E-state index contributed by atoms with van der Waals surface area (Å²) in [5.41, 5.74) is 2.44. The van der Waals surface area contributed by atoms with Gasteiger partial charge in [-0.05, 0) is 42.3 Å². The molecule has 0 saturated heterocycles. The molecule has 1 atom stereocenters. The van der Waals surface area contributed by atoms with Crippen LogP contribution in [0.1, 0.15) is 18.4 Å². The standard InChI is InChI=1S/C21H16Cl2FNO/c1-13(21(26)25-16-8-10-18(22)19(23)12-16)15-7-9-17(20(24)11-15)14-5-3-2-4-6-14/h2-13H,1H3,(H,25,26). The number of hydrogen-bond acceptors (Lipinski definition) is 1. The lowest BCUT2D eigenvalue weighted by atomic mass is 9.96. The van der Waals surface area contributed by atoms with Crippen LogP contribution in [0.4, 0.5) is 10.1 Å². The van der Waals surface area contributed by atoms with E-state index in [1.54, 1.807) is 37.3 Å². The van der Waals surface area contributed by atoms with Gasteiger partial charge < -0.3 is 5.32 Å². The van der Waals surface area contributed by atoms with Crippen LogP contribution in [-0.4, -0.2) is 5.91 Å². The number of benzene rings is 3. The van der Waals surface area contributed by atoms with Crippen LogP contribution in [0.5, 0.6) is 0 Å². The number of halogens is 3. The average Bonchev–Trinajstić information content (AvgIpc) is 2.64. The molecule has 0 aliphatic carbocycles. The minimum Gasteiger partial charge on any atom is -0.326 e. The second-order valence-corrected chi connectivity index (χ2v) is 6.76. The number of carbonyl (C=O) groups excluding carboxylic acids is 1. The van der Waals surface area contributed by atoms with Crippen LogP contribution in [0.15, 0.2) is 66.7 Å². The van der Waals surface area contributed by atoms with Gasteiger partial charge in [0.2, 0.25) is 5.91 Å². The summed E-state index contributed by atoms with van der Waals surface area (Å²) in [6.07, 6.45) is 0. The first-order chi connectivity index (χ1) is 12.5. The zero-order valence-electron chi connectivity index (χ0n) is 14.0. The van der Waals surface area contributed by atoms with E-state index >= 15 is 0 Å². The molecule has 132 valence electrons. The molecular weight excluding hydrogens is 372 g/mol. The van der Waals surface area contributed by atoms with E-state index in [-0.39, 0.29) is 11.7 Å². The SMILES string of the molecule is CC(C(=O)Nc1ccc(Cl)c(Cl)c1)c1ccc(-c2ccccc2)c(F)c1. The van der Waals surface area contributed by atoms with Crippen LogP contribution < -0.4 is 5.32 Å². The van der Waals surface area contributed by atoms with Gasteiger partial charge in [0.25, 0.3) is 0 Å². The van der Waals surface area contributed by atoms with Gasteiger partial charge in [-0.2, -0.15) is 0 Å². The molecule has 3 rings (SSSR count). The average molecular weight is 388 g/mol. The first-order valence-corrected chi connectivity index (χ1v) is 8.82. The Morgan fingerprint density at radius 3 is 2.35 bits per heavy atom. The van der Waals surface area contributed by atoms with E-state index in [0.717, 1.165) is 5.56 Å². The van der Waals surface area contributed by atoms with E-state index in [1.165, 1.54) is 6.07 Å². The van der Waals surface area contributed by atoms with Crippen molar-refractivity contribution in [1.29, 1.82) is 0 Å². The highest BCUT2D eigenvalue weighted by molar-refractivity contribution is 6.42. The zero-order valence-corrected chi connectivity index (χ0v) is 15.5. The Bertz CT molecular complexity index is 944. The van der Waals surface area contributed by atoms with Crippen molar-refractivity contribution in [2.75, 3.05) is 5.32 Å². The fourth-order valence-corrected chi connectivity index (χ4v) is 2.93. The quantitative estimate of drug-likeness (QED) is 0.540. The summed E-state index contributed by atoms with van der Waals surface area (Å²) in [6.45, 7) is 1.73. The zero-order chi connectivity index (χ0) is 18.7. The van der Waals surface area contributed by atoms with E-state index in [9.17, 15) is 9.18 Å². The second-order valence-electron chi connectivity index (χ2n) is 5.95. The van der Waals surface area contributed by atoms with E-state index < -0.39 is 5.92 Å². The second kappa shape index (κ2) is 7.90. The van der Waals surface area contributed by atoms with Crippen LogP contribution in [-0.2, 0) is 4.79 Å². The predicted molar refractivity (Wildman–Crippen MR) is 105 cm³/mol. The Morgan fingerprint density at radius 1 is 0.962 bits per heavy atom. The van der Waals surface area contributed by atoms with Crippen molar-refractivity contribution < 1.29 is 9.18 Å². The smallest absolute Gasteiger partial charge is 0.231 e. The van der Waals surface area contributed by atoms with Crippen molar-refractivity contribution in [1.82, 2.24) is 0 Å². The molecule has 1 amide bonds. The lowest BCUT2D eigenvalue weighted by Gasteiger charge is -2.14. The Hall–Kier alpha value is -2.36. The summed E-state index contributed by atoms with van der Waals surface area (Å²) in [5.74, 6) is -1.14. The van der Waals surface area contributed by atoms with Crippen LogP contribution >= 0.6 is 23.2 Å². The summed E-state index contributed by atoms with van der Waals surface area (Å²) in [5, 5.41) is 3.54. The molecule has 26 heavy (non-hydrogen) atoms. The summed E-state index contributed by atoms with van der Waals surface area (Å²) in [7, 11) is 0. The van der Waals surface area contributed by atoms with E-state index in [0.29, 0.717) is 26.9 Å². The number of rotatable bonds is 4. The minimum absolute atomic E-state index is 0.254. The fourth-order valence-electron chi connectivity index (χ4n) is 2.63. The predicted octanol–water partition coefficient (Wildman–Crippen LogP) is 6.54. The van der Waals surface area contributed by atoms with E-state index in [1.807, 2.05) is 30.3 Å². The molecule has 2 nitrogen and oxygen atoms in total. The third kappa shape index (κ3) is 4.06. The molecule has 0 aliphatic heterocycles. The molecule has 0 heterocycles. The molecule has 0 saturated carbocycles. The summed E-state index contributed by atoms with van der Waals surface area (Å²) >= 11 is 11.8. The van der Waals surface area contributed by atoms with Crippen molar-refractivity contribution in [3.8, 4) is 11.1 Å². The van der Waals surface area contributed by atoms with Crippen molar-refractivity contribution in [3.63, 3.8) is 0 Å². The van der Waals surface area contributed by atoms with Gasteiger partial charge in [-0.1, -0.05) is 65.7 Å². The van der Waals surface area contributed by atoms with Crippen molar-refractivity contribution in [2.24, 2.45) is 0 Å². The van der Waals surface area contributed by atoms with Gasteiger partial charge in [0.1, 0.15) is 5.82 Å². The van der Waals surface area contributed by atoms with Gasteiger partial charge in [0.05, 0.1) is 16.0 Å². The van der Waals surface area contributed by atoms with E-state index in [4.69, 9.17) is 23.2 Å². The van der Waals surface area contributed by atoms with Gasteiger partial charge in [0, 0.05) is 11.3 Å². The number of nitrogens with one attached hydrogen (secondary N) is 1. The third-order valence-corrected chi connectivity index (χ3v) is 4.90. The number of carbonyl (C=O) groups is 1. The van der Waals surface area contributed by atoms with E-state index in [2.05, 4.69) is 5.32 Å². The largest absolute Gasteiger partial charge is 0.326 e. The van der Waals surface area contributed by atoms with Crippen molar-refractivity contribution >= 4 is 34.8 Å². The Morgan fingerprint density at radius 2 is 1.69 bits per heavy atom. The molecule has 0 spiro atoms. The molecule has 0 aliphatic rings. The first-order valence-electron chi connectivity index (χ1n) is 8.06. The molecule has 0 bridgehead atoms. The molecule has 3 aromatic rings. The highest BCUT2D eigenvalue weighted by atomic mass is 35.5. The van der Waals surface area contributed by atoms with Gasteiger partial charge >= 0.3 is 0 Å². The molecule has 0 fully saturated rings. The Balaban J connectivity index is 1.78. The third-order valence-electron chi connectivity index (χ3n) is 4.16. The maximum atomic E-state index is 14.5. The molecule has 1 N–H and O–H groups in total. The first kappa shape index (κ1) is 18.4. The lowest BCUT2D eigenvalue weighted by Crippen LogP contribution is -2.19. The fraction of sp³-hybridized carbons (Fsp3) is 0.0952. The molecule has 1 unspecified atom stereocenters. The minimum atomic E-state index is -0.524. The highest BCUT2D eigenvalue weighted by Gasteiger charge is 2.18. The number of hydrogen-bond donors (Lipinski definition) is 1. The summed E-state index contributed by atoms with van der Waals surface area (Å²) < 4.78 is 14.5. The van der Waals surface area contributed by atoms with Crippen molar-refractivity contribution in [2.45, 2.75) is 12.8 Å². The molecule has 3 aromatic carbocycles. The molecule has 0 radical (unpaired) electrons. The maximum Gasteiger partial charge on any atom is 0.231 e. The molecule has 0 aromatic heterocycles. The van der Waals surface area contributed by atoms with Crippen LogP contribution in [0.25, 0.3) is 11.1 Å². The Labute approximate surface area is 161 Å². The summed E-state index contributed by atoms with van der Waals surface area (Å²) in [6, 6.07) is 19.0. The maximum absolute atomic E-state index is 14.5. The van der Waals surface area contributed by atoms with Gasteiger partial charge in [-0.25, -0.2) is 4.39 Å². The van der Waals surface area contributed by atoms with Gasteiger partial charge in [-0.3, -0.25) is 4.79 Å². The topological polar surface area (TPSA) is 29.1 Å².